The Kier molecular flexibility index (Phi) is 38.4. The van der Waals surface area contributed by atoms with Crippen molar-refractivity contribution >= 4 is 15.6 Å². The van der Waals surface area contributed by atoms with Gasteiger partial charge in [0.2, 0.25) is 0 Å². The first-order chi connectivity index (χ1) is 5.21. The van der Waals surface area contributed by atoms with Crippen molar-refractivity contribution in [3.63, 3.8) is 0 Å². The Bertz CT molecular complexity index is 193. The Morgan fingerprint density at radius 1 is 0.625 bits per heavy atom. The minimum atomic E-state index is -5.47. The molecular weight excluding hydrogens is 378 g/mol. The minimum absolute atomic E-state index is 0. The summed E-state index contributed by atoms with van der Waals surface area (Å²) in [6.45, 7) is 0. The molecule has 0 fully saturated rings. The molecule has 0 spiro atoms. The maximum absolute atomic E-state index is 9.52. The van der Waals surface area contributed by atoms with Crippen LogP contribution in [-0.4, -0.2) is 0 Å². The zero-order valence-electron chi connectivity index (χ0n) is 8.98. The standard InChI is InChI=1S/4K.H4O10P2/c;;;;1-11(2,3)9-7-8-10-12(4,5)6/h;;;;(H2,1,2,3)(H2,4,5,6)/q4*+1;/p-4. The Labute approximate surface area is 261 Å². The summed E-state index contributed by atoms with van der Waals surface area (Å²) in [5.74, 6) is 0. The molecule has 16 heteroatoms. The molecule has 0 N–H and O–H groups in total. The van der Waals surface area contributed by atoms with Crippen LogP contribution in [-0.2, 0) is 28.6 Å². The molecule has 0 heterocycles. The van der Waals surface area contributed by atoms with Crippen LogP contribution < -0.4 is 225 Å². The molecule has 0 rings (SSSR count). The van der Waals surface area contributed by atoms with E-state index in [2.05, 4.69) is 19.4 Å². The molecule has 0 aliphatic heterocycles. The molecule has 16 heavy (non-hydrogen) atoms. The third-order valence-electron chi connectivity index (χ3n) is 0.271. The number of phosphoric acid groups is 2. The van der Waals surface area contributed by atoms with Gasteiger partial charge in [0, 0.05) is 0 Å². The second kappa shape index (κ2) is 18.0. The summed E-state index contributed by atoms with van der Waals surface area (Å²) in [5.41, 5.74) is 0. The number of rotatable bonds is 5. The van der Waals surface area contributed by atoms with Crippen molar-refractivity contribution in [3.05, 3.63) is 0 Å². The third-order valence-corrected chi connectivity index (χ3v) is 0.758. The van der Waals surface area contributed by atoms with Gasteiger partial charge in [-0.05, 0) is 10.1 Å². The fraction of sp³-hybridized carbons (Fsp3) is 0. The molecule has 0 bridgehead atoms. The van der Waals surface area contributed by atoms with Gasteiger partial charge >= 0.3 is 206 Å². The zero-order chi connectivity index (χ0) is 9.83. The van der Waals surface area contributed by atoms with Crippen LogP contribution in [0.3, 0.4) is 0 Å². The van der Waals surface area contributed by atoms with Crippen LogP contribution in [0.1, 0.15) is 0 Å². The Morgan fingerprint density at radius 3 is 0.938 bits per heavy atom. The van der Waals surface area contributed by atoms with Crippen molar-refractivity contribution in [2.45, 2.75) is 0 Å². The van der Waals surface area contributed by atoms with Gasteiger partial charge in [-0.15, -0.1) is 0 Å². The van der Waals surface area contributed by atoms with Gasteiger partial charge < -0.3 is 28.7 Å². The average molecular weight is 378 g/mol. The van der Waals surface area contributed by atoms with Gasteiger partial charge in [0.25, 0.3) is 0 Å². The second-order valence-corrected chi connectivity index (χ2v) is 3.27. The van der Waals surface area contributed by atoms with Crippen molar-refractivity contribution in [2.24, 2.45) is 0 Å². The molecule has 0 saturated heterocycles. The van der Waals surface area contributed by atoms with Crippen molar-refractivity contribution < 1.29 is 254 Å². The SMILES string of the molecule is O=P([O-])([O-])OOOOP(=O)([O-])[O-].[K+].[K+].[K+].[K+]. The van der Waals surface area contributed by atoms with Gasteiger partial charge in [-0.3, -0.25) is 0 Å². The zero-order valence-corrected chi connectivity index (χ0v) is 23.3. The summed E-state index contributed by atoms with van der Waals surface area (Å²) in [7, 11) is -10.9. The van der Waals surface area contributed by atoms with E-state index < -0.39 is 15.6 Å². The van der Waals surface area contributed by atoms with Gasteiger partial charge in [0.15, 0.2) is 0 Å². The molecule has 0 aromatic heterocycles. The number of hydrogen-bond donors (Lipinski definition) is 0. The molecule has 0 amide bonds. The van der Waals surface area contributed by atoms with Gasteiger partial charge in [-0.1, -0.05) is 0 Å². The first-order valence-electron chi connectivity index (χ1n) is 1.96. The molecule has 0 unspecified atom stereocenters. The van der Waals surface area contributed by atoms with E-state index in [9.17, 15) is 28.7 Å². The normalized spacial score (nSPS) is 10.0. The van der Waals surface area contributed by atoms with Crippen LogP contribution in [0.25, 0.3) is 0 Å². The second-order valence-electron chi connectivity index (χ2n) is 1.18. The van der Waals surface area contributed by atoms with E-state index in [-0.39, 0.29) is 206 Å². The number of hydrogen-bond acceptors (Lipinski definition) is 10. The summed E-state index contributed by atoms with van der Waals surface area (Å²) in [6, 6.07) is 0. The maximum Gasteiger partial charge on any atom is 1.00 e. The maximum atomic E-state index is 9.52. The summed E-state index contributed by atoms with van der Waals surface area (Å²) >= 11 is 0. The largest absolute Gasteiger partial charge is 1.00 e. The molecule has 74 valence electrons. The molecular formula is K4O10P2. The molecule has 0 radical (unpaired) electrons. The van der Waals surface area contributed by atoms with E-state index in [1.807, 2.05) is 0 Å². The van der Waals surface area contributed by atoms with Gasteiger partial charge in [0.1, 0.15) is 15.6 Å². The monoisotopic (exact) mass is 378 g/mol. The topological polar surface area (TPSA) is 163 Å². The van der Waals surface area contributed by atoms with E-state index in [0.29, 0.717) is 0 Å². The molecule has 0 aliphatic carbocycles. The van der Waals surface area contributed by atoms with Crippen LogP contribution in [0.4, 0.5) is 0 Å². The van der Waals surface area contributed by atoms with Crippen LogP contribution in [0.2, 0.25) is 0 Å². The van der Waals surface area contributed by atoms with E-state index in [0.717, 1.165) is 0 Å². The van der Waals surface area contributed by atoms with E-state index in [4.69, 9.17) is 0 Å². The smallest absolute Gasteiger partial charge is 0.787 e. The first-order valence-corrected chi connectivity index (χ1v) is 4.88. The predicted octanol–water partition coefficient (Wildman–Crippen LogP) is -15.5. The summed E-state index contributed by atoms with van der Waals surface area (Å²) in [6.07, 6.45) is 0. The summed E-state index contributed by atoms with van der Waals surface area (Å²) in [5, 5.41) is 5.78. The first kappa shape index (κ1) is 34.1. The van der Waals surface area contributed by atoms with Gasteiger partial charge in [-0.25, -0.2) is 0 Å². The van der Waals surface area contributed by atoms with Crippen LogP contribution in [0.15, 0.2) is 0 Å². The van der Waals surface area contributed by atoms with Crippen molar-refractivity contribution in [3.8, 4) is 0 Å². The average Bonchev–Trinajstić information content (AvgIpc) is 1.76. The summed E-state index contributed by atoms with van der Waals surface area (Å²) in [4.78, 5) is 38.1. The quantitative estimate of drug-likeness (QED) is 0.147. The van der Waals surface area contributed by atoms with Crippen molar-refractivity contribution in [1.82, 2.24) is 0 Å². The minimum Gasteiger partial charge on any atom is -0.787 e. The fourth-order valence-corrected chi connectivity index (χ4v) is 0.298. The van der Waals surface area contributed by atoms with Crippen molar-refractivity contribution in [2.75, 3.05) is 0 Å². The van der Waals surface area contributed by atoms with Crippen LogP contribution in [0.5, 0.6) is 0 Å². The molecule has 0 aromatic carbocycles. The molecule has 0 atom stereocenters. The van der Waals surface area contributed by atoms with Crippen LogP contribution in [0, 0.1) is 0 Å². The summed E-state index contributed by atoms with van der Waals surface area (Å²) < 4.78 is 24.7. The Morgan fingerprint density at radius 2 is 0.812 bits per heavy atom. The van der Waals surface area contributed by atoms with Gasteiger partial charge in [-0.2, -0.15) is 9.35 Å². The van der Waals surface area contributed by atoms with E-state index in [1.165, 1.54) is 0 Å². The predicted molar refractivity (Wildman–Crippen MR) is 19.6 cm³/mol. The third kappa shape index (κ3) is 32.6. The van der Waals surface area contributed by atoms with Gasteiger partial charge in [0.05, 0.1) is 0 Å². The molecule has 0 saturated carbocycles. The molecule has 0 aliphatic rings. The molecule has 10 nitrogen and oxygen atoms in total. The van der Waals surface area contributed by atoms with E-state index in [1.54, 1.807) is 0 Å². The Balaban J connectivity index is -0.000000101. The fourth-order valence-electron chi connectivity index (χ4n) is 0.0994. The molecule has 0 aromatic rings. The van der Waals surface area contributed by atoms with Crippen LogP contribution >= 0.6 is 15.6 Å². The van der Waals surface area contributed by atoms with E-state index >= 15 is 0 Å². The Hall–Kier alpha value is 6.69. The van der Waals surface area contributed by atoms with Crippen molar-refractivity contribution in [1.29, 1.82) is 0 Å².